The Labute approximate surface area is 249 Å². The number of thiophene rings is 1. The quantitative estimate of drug-likeness (QED) is 0.205. The number of fused-ring (bicyclic) bond motifs is 4. The van der Waals surface area contributed by atoms with Gasteiger partial charge in [0.25, 0.3) is 0 Å². The number of hydrogen-bond donors (Lipinski definition) is 0. The van der Waals surface area contributed by atoms with Crippen LogP contribution in [0.3, 0.4) is 0 Å². The molecule has 0 amide bonds. The van der Waals surface area contributed by atoms with Crippen LogP contribution in [0.1, 0.15) is 0 Å². The molecule has 8 aromatic rings. The second-order valence-electron chi connectivity index (χ2n) is 10.6. The molecule has 0 bridgehead atoms. The third kappa shape index (κ3) is 4.25. The lowest BCUT2D eigenvalue weighted by Gasteiger charge is -2.29. The van der Waals surface area contributed by atoms with Crippen molar-refractivity contribution in [3.05, 3.63) is 164 Å². The minimum Gasteiger partial charge on any atom is -0.309 e. The zero-order valence-electron chi connectivity index (χ0n) is 22.9. The fourth-order valence-corrected chi connectivity index (χ4v) is 7.14. The SMILES string of the molecule is c1ccc(-c2ccc(N(c3ccccc3-c3ccc4sc5ccccc5c4c3)c3cccc4ccccc34)cc2)cc1. The second kappa shape index (κ2) is 10.3. The lowest BCUT2D eigenvalue weighted by Crippen LogP contribution is -2.11. The van der Waals surface area contributed by atoms with Crippen LogP contribution in [0.15, 0.2) is 164 Å². The molecule has 0 saturated carbocycles. The summed E-state index contributed by atoms with van der Waals surface area (Å²) in [6, 6.07) is 59.2. The van der Waals surface area contributed by atoms with E-state index in [0.29, 0.717) is 0 Å². The Morgan fingerprint density at radius 2 is 1.00 bits per heavy atom. The van der Waals surface area contributed by atoms with E-state index in [1.807, 2.05) is 11.3 Å². The van der Waals surface area contributed by atoms with Crippen LogP contribution in [-0.2, 0) is 0 Å². The molecule has 0 spiro atoms. The summed E-state index contributed by atoms with van der Waals surface area (Å²) < 4.78 is 2.65. The highest BCUT2D eigenvalue weighted by atomic mass is 32.1. The van der Waals surface area contributed by atoms with Gasteiger partial charge in [-0.05, 0) is 64.5 Å². The van der Waals surface area contributed by atoms with Crippen molar-refractivity contribution in [2.45, 2.75) is 0 Å². The minimum atomic E-state index is 1.13. The summed E-state index contributed by atoms with van der Waals surface area (Å²) in [4.78, 5) is 2.42. The maximum absolute atomic E-state index is 2.42. The molecule has 42 heavy (non-hydrogen) atoms. The van der Waals surface area contributed by atoms with E-state index in [0.717, 1.165) is 17.1 Å². The zero-order valence-corrected chi connectivity index (χ0v) is 23.8. The Morgan fingerprint density at radius 1 is 0.381 bits per heavy atom. The van der Waals surface area contributed by atoms with Crippen molar-refractivity contribution < 1.29 is 0 Å². The van der Waals surface area contributed by atoms with Gasteiger partial charge in [0.15, 0.2) is 0 Å². The van der Waals surface area contributed by atoms with Crippen LogP contribution in [0.5, 0.6) is 0 Å². The second-order valence-corrected chi connectivity index (χ2v) is 11.7. The van der Waals surface area contributed by atoms with E-state index in [4.69, 9.17) is 0 Å². The molecule has 0 aliphatic heterocycles. The highest BCUT2D eigenvalue weighted by Gasteiger charge is 2.19. The molecule has 0 aliphatic rings. The Kier molecular flexibility index (Phi) is 6.05. The summed E-state index contributed by atoms with van der Waals surface area (Å²) in [5.41, 5.74) is 8.29. The first-order valence-electron chi connectivity index (χ1n) is 14.3. The first kappa shape index (κ1) is 24.6. The van der Waals surface area contributed by atoms with Gasteiger partial charge in [0.1, 0.15) is 0 Å². The van der Waals surface area contributed by atoms with Crippen LogP contribution >= 0.6 is 11.3 Å². The lowest BCUT2D eigenvalue weighted by atomic mass is 9.98. The molecule has 7 aromatic carbocycles. The van der Waals surface area contributed by atoms with Crippen LogP contribution in [0.25, 0.3) is 53.2 Å². The maximum Gasteiger partial charge on any atom is 0.0540 e. The van der Waals surface area contributed by atoms with E-state index in [-0.39, 0.29) is 0 Å². The summed E-state index contributed by atoms with van der Waals surface area (Å²) in [5.74, 6) is 0. The van der Waals surface area contributed by atoms with Gasteiger partial charge in [0.2, 0.25) is 0 Å². The van der Waals surface area contributed by atoms with Gasteiger partial charge in [-0.2, -0.15) is 0 Å². The summed E-state index contributed by atoms with van der Waals surface area (Å²) in [5, 5.41) is 5.08. The standard InChI is InChI=1S/C40H27NS/c1-2-11-28(12-3-1)29-21-24-32(25-22-29)41(38-19-10-14-30-13-4-5-15-33(30)38)37-18-8-6-16-34(37)31-23-26-40-36(27-31)35-17-7-9-20-39(35)42-40/h1-27H. The number of hydrogen-bond acceptors (Lipinski definition) is 2. The van der Waals surface area contributed by atoms with Crippen molar-refractivity contribution in [1.29, 1.82) is 0 Å². The third-order valence-electron chi connectivity index (χ3n) is 8.07. The van der Waals surface area contributed by atoms with Gasteiger partial charge in [0.05, 0.1) is 11.4 Å². The number of anilines is 3. The Morgan fingerprint density at radius 3 is 1.88 bits per heavy atom. The fraction of sp³-hybridized carbons (Fsp3) is 0. The molecule has 0 atom stereocenters. The molecule has 8 rings (SSSR count). The van der Waals surface area contributed by atoms with Gasteiger partial charge in [-0.15, -0.1) is 11.3 Å². The van der Waals surface area contributed by atoms with Crippen molar-refractivity contribution in [2.75, 3.05) is 4.90 Å². The van der Waals surface area contributed by atoms with Crippen LogP contribution in [-0.4, -0.2) is 0 Å². The minimum absolute atomic E-state index is 1.13. The van der Waals surface area contributed by atoms with Gasteiger partial charge in [-0.25, -0.2) is 0 Å². The first-order chi connectivity index (χ1) is 20.8. The summed E-state index contributed by atoms with van der Waals surface area (Å²) in [6.45, 7) is 0. The number of rotatable bonds is 5. The largest absolute Gasteiger partial charge is 0.309 e. The van der Waals surface area contributed by atoms with Gasteiger partial charge in [-0.3, -0.25) is 0 Å². The Hall–Kier alpha value is -5.18. The van der Waals surface area contributed by atoms with E-state index in [1.54, 1.807) is 0 Å². The summed E-state index contributed by atoms with van der Waals surface area (Å²) in [6.07, 6.45) is 0. The molecule has 0 N–H and O–H groups in total. The van der Waals surface area contributed by atoms with E-state index in [9.17, 15) is 0 Å². The highest BCUT2D eigenvalue weighted by molar-refractivity contribution is 7.25. The van der Waals surface area contributed by atoms with Gasteiger partial charge < -0.3 is 4.90 Å². The number of benzene rings is 7. The predicted molar refractivity (Wildman–Crippen MR) is 182 cm³/mol. The predicted octanol–water partition coefficient (Wildman–Crippen LogP) is 12.0. The molecular formula is C40H27NS. The van der Waals surface area contributed by atoms with Crippen LogP contribution in [0.4, 0.5) is 17.1 Å². The summed E-state index contributed by atoms with van der Waals surface area (Å²) in [7, 11) is 0. The van der Waals surface area contributed by atoms with Crippen LogP contribution in [0.2, 0.25) is 0 Å². The lowest BCUT2D eigenvalue weighted by molar-refractivity contribution is 1.30. The Bertz CT molecular complexity index is 2190. The van der Waals surface area contributed by atoms with Gasteiger partial charge >= 0.3 is 0 Å². The normalized spacial score (nSPS) is 11.3. The van der Waals surface area contributed by atoms with Crippen molar-refractivity contribution in [2.24, 2.45) is 0 Å². The summed E-state index contributed by atoms with van der Waals surface area (Å²) >= 11 is 1.86. The fourth-order valence-electron chi connectivity index (χ4n) is 6.05. The molecule has 1 aromatic heterocycles. The van der Waals surface area contributed by atoms with E-state index >= 15 is 0 Å². The van der Waals surface area contributed by atoms with Crippen LogP contribution < -0.4 is 4.90 Å². The third-order valence-corrected chi connectivity index (χ3v) is 9.22. The molecule has 1 heterocycles. The topological polar surface area (TPSA) is 3.24 Å². The molecule has 1 nitrogen and oxygen atoms in total. The van der Waals surface area contributed by atoms with Gasteiger partial charge in [-0.1, -0.05) is 121 Å². The molecule has 0 aliphatic carbocycles. The highest BCUT2D eigenvalue weighted by Crippen LogP contribution is 2.45. The molecule has 2 heteroatoms. The zero-order chi connectivity index (χ0) is 27.9. The van der Waals surface area contributed by atoms with Crippen molar-refractivity contribution in [3.63, 3.8) is 0 Å². The van der Waals surface area contributed by atoms with Gasteiger partial charge in [0, 0.05) is 36.8 Å². The molecule has 0 radical (unpaired) electrons. The maximum atomic E-state index is 2.42. The van der Waals surface area contributed by atoms with Crippen molar-refractivity contribution in [1.82, 2.24) is 0 Å². The monoisotopic (exact) mass is 553 g/mol. The smallest absolute Gasteiger partial charge is 0.0540 e. The molecule has 0 unspecified atom stereocenters. The van der Waals surface area contributed by atoms with Crippen molar-refractivity contribution in [3.8, 4) is 22.3 Å². The average molecular weight is 554 g/mol. The average Bonchev–Trinajstić information content (AvgIpc) is 3.44. The number of nitrogens with zero attached hydrogens (tertiary/aromatic N) is 1. The van der Waals surface area contributed by atoms with E-state index in [2.05, 4.69) is 169 Å². The molecule has 198 valence electrons. The molecular weight excluding hydrogens is 527 g/mol. The van der Waals surface area contributed by atoms with E-state index < -0.39 is 0 Å². The van der Waals surface area contributed by atoms with Crippen molar-refractivity contribution >= 4 is 59.3 Å². The van der Waals surface area contributed by atoms with Crippen LogP contribution in [0, 0.1) is 0 Å². The number of para-hydroxylation sites is 1. The first-order valence-corrected chi connectivity index (χ1v) is 15.1. The van der Waals surface area contributed by atoms with E-state index in [1.165, 1.54) is 53.2 Å². The molecule has 0 fully saturated rings. The molecule has 0 saturated heterocycles. The Balaban J connectivity index is 1.34.